The van der Waals surface area contributed by atoms with Gasteiger partial charge in [-0.3, -0.25) is 9.88 Å². The summed E-state index contributed by atoms with van der Waals surface area (Å²) >= 11 is 0. The van der Waals surface area contributed by atoms with Crippen LogP contribution in [0.4, 0.5) is 10.1 Å². The van der Waals surface area contributed by atoms with E-state index >= 15 is 0 Å². The molecule has 1 saturated heterocycles. The van der Waals surface area contributed by atoms with Crippen LogP contribution in [0, 0.1) is 11.0 Å². The Labute approximate surface area is 180 Å². The van der Waals surface area contributed by atoms with E-state index in [4.69, 9.17) is 9.47 Å². The van der Waals surface area contributed by atoms with E-state index in [2.05, 4.69) is 16.0 Å². The standard InChI is InChI=1S/C24H24FN3O3/c25-21-6-4-19(5-7-21)20-14-18(15-26-16-20)17-27-8-10-28(29,11-9-27)22-2-1-3-23-24(22)31-13-12-30-23/h1-7,14-16H,8-13,17H2. The summed E-state index contributed by atoms with van der Waals surface area (Å²) in [5, 5.41) is 13.6. The van der Waals surface area contributed by atoms with E-state index < -0.39 is 4.65 Å². The van der Waals surface area contributed by atoms with Gasteiger partial charge in [0.1, 0.15) is 19.0 Å². The minimum Gasteiger partial charge on any atom is -0.627 e. The van der Waals surface area contributed by atoms with Crippen molar-refractivity contribution in [3.05, 3.63) is 77.5 Å². The molecule has 7 heteroatoms. The molecule has 2 aromatic carbocycles. The number of aromatic nitrogens is 1. The lowest BCUT2D eigenvalue weighted by Gasteiger charge is -2.48. The Balaban J connectivity index is 1.27. The number of hydroxylamine groups is 2. The topological polar surface area (TPSA) is 57.6 Å². The van der Waals surface area contributed by atoms with E-state index in [1.807, 2.05) is 24.4 Å². The van der Waals surface area contributed by atoms with Crippen molar-refractivity contribution in [1.82, 2.24) is 14.5 Å². The number of hydrogen-bond donors (Lipinski definition) is 0. The Kier molecular flexibility index (Phi) is 5.31. The molecule has 3 heterocycles. The number of hydrogen-bond acceptors (Lipinski definition) is 5. The van der Waals surface area contributed by atoms with Gasteiger partial charge in [0.25, 0.3) is 0 Å². The SMILES string of the molecule is [O-][N+]1(c2cccc3c2OCCO3)CCN(Cc2cncc(-c3ccc(F)cc3)c2)CC1. The van der Waals surface area contributed by atoms with Gasteiger partial charge in [-0.05, 0) is 35.4 Å². The third kappa shape index (κ3) is 4.12. The Bertz CT molecular complexity index is 1070. The molecule has 31 heavy (non-hydrogen) atoms. The summed E-state index contributed by atoms with van der Waals surface area (Å²) < 4.78 is 24.2. The summed E-state index contributed by atoms with van der Waals surface area (Å²) in [5.74, 6) is 0.994. The van der Waals surface area contributed by atoms with Crippen LogP contribution in [0.5, 0.6) is 11.5 Å². The van der Waals surface area contributed by atoms with Gasteiger partial charge in [-0.2, -0.15) is 0 Å². The van der Waals surface area contributed by atoms with Crippen molar-refractivity contribution >= 4 is 5.69 Å². The van der Waals surface area contributed by atoms with Crippen molar-refractivity contribution < 1.29 is 13.9 Å². The molecule has 0 radical (unpaired) electrons. The van der Waals surface area contributed by atoms with Gasteiger partial charge in [-0.1, -0.05) is 18.2 Å². The average Bonchev–Trinajstić information content (AvgIpc) is 2.81. The van der Waals surface area contributed by atoms with E-state index in [0.717, 1.165) is 16.7 Å². The lowest BCUT2D eigenvalue weighted by atomic mass is 10.1. The predicted octanol–water partition coefficient (Wildman–Crippen LogP) is 3.98. The zero-order valence-electron chi connectivity index (χ0n) is 17.2. The van der Waals surface area contributed by atoms with Crippen LogP contribution in [0.3, 0.4) is 0 Å². The fourth-order valence-electron chi connectivity index (χ4n) is 4.24. The van der Waals surface area contributed by atoms with Crippen LogP contribution in [0.2, 0.25) is 0 Å². The van der Waals surface area contributed by atoms with Crippen molar-refractivity contribution in [3.8, 4) is 22.6 Å². The number of halogens is 1. The average molecular weight is 421 g/mol. The maximum Gasteiger partial charge on any atom is 0.223 e. The lowest BCUT2D eigenvalue weighted by Crippen LogP contribution is -2.57. The molecular weight excluding hydrogens is 397 g/mol. The normalized spacial score (nSPS) is 18.0. The second-order valence-electron chi connectivity index (χ2n) is 8.00. The molecule has 0 N–H and O–H groups in total. The first kappa shape index (κ1) is 19.9. The number of ether oxygens (including phenoxy) is 2. The van der Waals surface area contributed by atoms with Crippen molar-refractivity contribution in [2.45, 2.75) is 6.54 Å². The second kappa shape index (κ2) is 8.26. The summed E-state index contributed by atoms with van der Waals surface area (Å²) in [7, 11) is 0. The van der Waals surface area contributed by atoms with E-state index in [-0.39, 0.29) is 5.82 Å². The molecule has 0 atom stereocenters. The first-order valence-corrected chi connectivity index (χ1v) is 10.5. The monoisotopic (exact) mass is 421 g/mol. The Morgan fingerprint density at radius 3 is 2.55 bits per heavy atom. The zero-order valence-corrected chi connectivity index (χ0v) is 17.2. The second-order valence-corrected chi connectivity index (χ2v) is 8.00. The van der Waals surface area contributed by atoms with E-state index in [1.165, 1.54) is 12.1 Å². The third-order valence-corrected chi connectivity index (χ3v) is 5.92. The van der Waals surface area contributed by atoms with Crippen LogP contribution >= 0.6 is 0 Å². The number of nitrogens with zero attached hydrogens (tertiary/aromatic N) is 3. The van der Waals surface area contributed by atoms with Crippen molar-refractivity contribution in [2.24, 2.45) is 0 Å². The number of quaternary nitrogens is 1. The molecule has 0 spiro atoms. The Morgan fingerprint density at radius 2 is 1.74 bits per heavy atom. The molecule has 160 valence electrons. The van der Waals surface area contributed by atoms with Crippen molar-refractivity contribution in [3.63, 3.8) is 0 Å². The fourth-order valence-corrected chi connectivity index (χ4v) is 4.24. The van der Waals surface area contributed by atoms with Gasteiger partial charge in [0.05, 0.1) is 13.1 Å². The Hall–Kier alpha value is -3.00. The summed E-state index contributed by atoms with van der Waals surface area (Å²) in [6, 6.07) is 14.1. The van der Waals surface area contributed by atoms with Crippen LogP contribution in [0.1, 0.15) is 5.56 Å². The first-order chi connectivity index (χ1) is 15.1. The minimum atomic E-state index is -0.406. The van der Waals surface area contributed by atoms with Gasteiger partial charge in [0.15, 0.2) is 11.4 Å². The van der Waals surface area contributed by atoms with Gasteiger partial charge in [0.2, 0.25) is 5.75 Å². The molecule has 5 rings (SSSR count). The van der Waals surface area contributed by atoms with E-state index in [0.29, 0.717) is 63.1 Å². The number of fused-ring (bicyclic) bond motifs is 1. The highest BCUT2D eigenvalue weighted by molar-refractivity contribution is 5.64. The highest BCUT2D eigenvalue weighted by Crippen LogP contribution is 2.42. The highest BCUT2D eigenvalue weighted by atomic mass is 19.1. The molecule has 0 unspecified atom stereocenters. The molecule has 0 aliphatic carbocycles. The number of piperazine rings is 1. The van der Waals surface area contributed by atoms with Crippen LogP contribution < -0.4 is 14.1 Å². The highest BCUT2D eigenvalue weighted by Gasteiger charge is 2.33. The predicted molar refractivity (Wildman–Crippen MR) is 117 cm³/mol. The molecular formula is C24H24FN3O3. The molecule has 2 aliphatic rings. The summed E-state index contributed by atoms with van der Waals surface area (Å²) in [6.45, 7) is 3.94. The van der Waals surface area contributed by atoms with E-state index in [9.17, 15) is 9.60 Å². The van der Waals surface area contributed by atoms with Crippen LogP contribution in [-0.2, 0) is 6.54 Å². The van der Waals surface area contributed by atoms with Crippen molar-refractivity contribution in [1.29, 1.82) is 0 Å². The largest absolute Gasteiger partial charge is 0.627 e. The molecule has 0 amide bonds. The maximum absolute atomic E-state index is 13.6. The van der Waals surface area contributed by atoms with Crippen LogP contribution in [-0.4, -0.2) is 49.3 Å². The maximum atomic E-state index is 13.6. The molecule has 1 aromatic heterocycles. The van der Waals surface area contributed by atoms with E-state index in [1.54, 1.807) is 18.3 Å². The van der Waals surface area contributed by atoms with Gasteiger partial charge < -0.3 is 19.3 Å². The first-order valence-electron chi connectivity index (χ1n) is 10.5. The molecule has 3 aromatic rings. The smallest absolute Gasteiger partial charge is 0.223 e. The van der Waals surface area contributed by atoms with Crippen LogP contribution in [0.15, 0.2) is 60.9 Å². The number of pyridine rings is 1. The molecule has 0 bridgehead atoms. The third-order valence-electron chi connectivity index (χ3n) is 5.92. The van der Waals surface area contributed by atoms with Gasteiger partial charge in [-0.25, -0.2) is 4.39 Å². The van der Waals surface area contributed by atoms with Gasteiger partial charge in [0, 0.05) is 43.7 Å². The summed E-state index contributed by atoms with van der Waals surface area (Å²) in [6.07, 6.45) is 3.63. The Morgan fingerprint density at radius 1 is 0.968 bits per heavy atom. The summed E-state index contributed by atoms with van der Waals surface area (Å²) in [5.41, 5.74) is 3.61. The van der Waals surface area contributed by atoms with Gasteiger partial charge in [-0.15, -0.1) is 0 Å². The number of para-hydroxylation sites is 1. The number of benzene rings is 2. The summed E-state index contributed by atoms with van der Waals surface area (Å²) in [4.78, 5) is 6.63. The lowest BCUT2D eigenvalue weighted by molar-refractivity contribution is 0.147. The molecule has 1 fully saturated rings. The van der Waals surface area contributed by atoms with Crippen LogP contribution in [0.25, 0.3) is 11.1 Å². The quantitative estimate of drug-likeness (QED) is 0.471. The van der Waals surface area contributed by atoms with Gasteiger partial charge >= 0.3 is 0 Å². The molecule has 2 aliphatic heterocycles. The molecule has 0 saturated carbocycles. The van der Waals surface area contributed by atoms with Crippen molar-refractivity contribution in [2.75, 3.05) is 39.4 Å². The molecule has 6 nitrogen and oxygen atoms in total. The fraction of sp³-hybridized carbons (Fsp3) is 0.292. The zero-order chi connectivity index (χ0) is 21.3. The number of rotatable bonds is 4. The minimum absolute atomic E-state index is 0.253.